The van der Waals surface area contributed by atoms with E-state index < -0.39 is 25.8 Å². The van der Waals surface area contributed by atoms with Crippen molar-refractivity contribution in [3.8, 4) is 0 Å². The van der Waals surface area contributed by atoms with Gasteiger partial charge in [0.15, 0.2) is 5.25 Å². The second-order valence-electron chi connectivity index (χ2n) is 4.12. The smallest absolute Gasteiger partial charge is 0.270 e. The van der Waals surface area contributed by atoms with E-state index in [1.54, 1.807) is 17.5 Å². The van der Waals surface area contributed by atoms with E-state index in [0.717, 1.165) is 11.3 Å². The monoisotopic (exact) mass is 315 g/mol. The molecule has 1 aromatic rings. The molecule has 2 unspecified atom stereocenters. The minimum Gasteiger partial charge on any atom is -0.270 e. The standard InChI is InChI=1S/C12H13NO5S2/c1-2-18-20(16,17)11-7-3-4-8-12(11,13(14)15)10-6-5-9-19-10/h3-9,11H,2H2,1H3. The van der Waals surface area contributed by atoms with Crippen LogP contribution in [0.2, 0.25) is 0 Å². The van der Waals surface area contributed by atoms with Crippen molar-refractivity contribution in [3.05, 3.63) is 56.8 Å². The van der Waals surface area contributed by atoms with E-state index in [1.807, 2.05) is 0 Å². The van der Waals surface area contributed by atoms with Crippen LogP contribution >= 0.6 is 11.3 Å². The van der Waals surface area contributed by atoms with E-state index in [0.29, 0.717) is 4.88 Å². The number of hydrogen-bond donors (Lipinski definition) is 0. The summed E-state index contributed by atoms with van der Waals surface area (Å²) >= 11 is 1.15. The lowest BCUT2D eigenvalue weighted by molar-refractivity contribution is -0.561. The number of hydrogen-bond acceptors (Lipinski definition) is 6. The van der Waals surface area contributed by atoms with Gasteiger partial charge in [0, 0.05) is 4.92 Å². The predicted molar refractivity (Wildman–Crippen MR) is 75.6 cm³/mol. The predicted octanol–water partition coefficient (Wildman–Crippen LogP) is 2.08. The van der Waals surface area contributed by atoms with Crippen molar-refractivity contribution >= 4 is 21.5 Å². The van der Waals surface area contributed by atoms with Gasteiger partial charge in [0.05, 0.1) is 11.5 Å². The van der Waals surface area contributed by atoms with Gasteiger partial charge in [0.2, 0.25) is 0 Å². The third kappa shape index (κ3) is 2.30. The molecule has 0 radical (unpaired) electrons. The molecule has 8 heteroatoms. The zero-order valence-electron chi connectivity index (χ0n) is 10.6. The average molecular weight is 315 g/mol. The Morgan fingerprint density at radius 2 is 2.25 bits per heavy atom. The van der Waals surface area contributed by atoms with Crippen LogP contribution in [-0.4, -0.2) is 25.2 Å². The normalized spacial score (nSPS) is 25.8. The molecule has 0 N–H and O–H groups in total. The quantitative estimate of drug-likeness (QED) is 0.472. The Labute approximate surface area is 120 Å². The first-order valence-corrected chi connectivity index (χ1v) is 8.23. The fourth-order valence-corrected chi connectivity index (χ4v) is 4.63. The van der Waals surface area contributed by atoms with Crippen LogP contribution in [0.1, 0.15) is 11.8 Å². The van der Waals surface area contributed by atoms with Crippen molar-refractivity contribution in [3.63, 3.8) is 0 Å². The topological polar surface area (TPSA) is 86.5 Å². The number of allylic oxidation sites excluding steroid dienone is 2. The summed E-state index contributed by atoms with van der Waals surface area (Å²) in [5.74, 6) is 0. The van der Waals surface area contributed by atoms with Crippen LogP contribution in [0.15, 0.2) is 41.8 Å². The van der Waals surface area contributed by atoms with Gasteiger partial charge in [-0.1, -0.05) is 24.3 Å². The van der Waals surface area contributed by atoms with E-state index >= 15 is 0 Å². The highest BCUT2D eigenvalue weighted by Gasteiger charge is 2.57. The zero-order valence-corrected chi connectivity index (χ0v) is 12.3. The van der Waals surface area contributed by atoms with Gasteiger partial charge in [-0.05, 0) is 24.4 Å². The third-order valence-electron chi connectivity index (χ3n) is 2.99. The Kier molecular flexibility index (Phi) is 4.07. The highest BCUT2D eigenvalue weighted by Crippen LogP contribution is 2.40. The fourth-order valence-electron chi connectivity index (χ4n) is 2.15. The lowest BCUT2D eigenvalue weighted by Gasteiger charge is -2.28. The van der Waals surface area contributed by atoms with Crippen LogP contribution in [-0.2, 0) is 19.8 Å². The lowest BCUT2D eigenvalue weighted by atomic mass is 9.90. The summed E-state index contributed by atoms with van der Waals surface area (Å²) in [6.07, 6.45) is 5.57. The molecule has 0 aliphatic heterocycles. The molecule has 1 aromatic heterocycles. The molecule has 1 aliphatic rings. The molecule has 0 saturated heterocycles. The van der Waals surface area contributed by atoms with Crippen molar-refractivity contribution in [2.75, 3.05) is 6.61 Å². The molecule has 0 amide bonds. The molecule has 1 heterocycles. The summed E-state index contributed by atoms with van der Waals surface area (Å²) in [5, 5.41) is 11.9. The molecule has 2 atom stereocenters. The first-order chi connectivity index (χ1) is 9.45. The number of thiophene rings is 1. The number of nitro groups is 1. The third-order valence-corrected chi connectivity index (χ3v) is 5.71. The van der Waals surface area contributed by atoms with Gasteiger partial charge < -0.3 is 0 Å². The van der Waals surface area contributed by atoms with Gasteiger partial charge in [-0.2, -0.15) is 8.42 Å². The van der Waals surface area contributed by atoms with E-state index in [9.17, 15) is 18.5 Å². The average Bonchev–Trinajstić information content (AvgIpc) is 2.92. The molecule has 0 bridgehead atoms. The van der Waals surface area contributed by atoms with Gasteiger partial charge in [-0.15, -0.1) is 11.3 Å². The molecule has 108 valence electrons. The maximum atomic E-state index is 12.2. The van der Waals surface area contributed by atoms with Gasteiger partial charge in [-0.3, -0.25) is 14.3 Å². The van der Waals surface area contributed by atoms with Gasteiger partial charge >= 0.3 is 0 Å². The van der Waals surface area contributed by atoms with Crippen LogP contribution in [0.4, 0.5) is 0 Å². The minimum absolute atomic E-state index is 0.0609. The summed E-state index contributed by atoms with van der Waals surface area (Å²) in [7, 11) is -4.09. The molecule has 0 fully saturated rings. The molecule has 6 nitrogen and oxygen atoms in total. The Morgan fingerprint density at radius 1 is 1.50 bits per heavy atom. The van der Waals surface area contributed by atoms with E-state index in [2.05, 4.69) is 0 Å². The largest absolute Gasteiger partial charge is 0.296 e. The van der Waals surface area contributed by atoms with Gasteiger partial charge in [0.1, 0.15) is 0 Å². The van der Waals surface area contributed by atoms with E-state index in [4.69, 9.17) is 4.18 Å². The van der Waals surface area contributed by atoms with Gasteiger partial charge in [0.25, 0.3) is 15.7 Å². The van der Waals surface area contributed by atoms with Gasteiger partial charge in [-0.25, -0.2) is 0 Å². The molecule has 20 heavy (non-hydrogen) atoms. The van der Waals surface area contributed by atoms with Crippen LogP contribution in [0.5, 0.6) is 0 Å². The zero-order chi connectivity index (χ0) is 14.8. The Bertz CT molecular complexity index is 647. The maximum Gasteiger partial charge on any atom is 0.296 e. The van der Waals surface area contributed by atoms with Crippen molar-refractivity contribution in [1.29, 1.82) is 0 Å². The summed E-state index contributed by atoms with van der Waals surface area (Å²) in [6.45, 7) is 1.47. The lowest BCUT2D eigenvalue weighted by Crippen LogP contribution is -2.48. The number of rotatable bonds is 5. The van der Waals surface area contributed by atoms with Crippen molar-refractivity contribution in [2.24, 2.45) is 0 Å². The Balaban J connectivity index is 2.62. The second kappa shape index (κ2) is 5.47. The van der Waals surface area contributed by atoms with E-state index in [-0.39, 0.29) is 6.61 Å². The molecule has 0 aromatic carbocycles. The van der Waals surface area contributed by atoms with Crippen LogP contribution in [0, 0.1) is 10.1 Å². The molecular weight excluding hydrogens is 302 g/mol. The maximum absolute atomic E-state index is 12.2. The molecule has 1 aliphatic carbocycles. The molecule has 0 saturated carbocycles. The highest BCUT2D eigenvalue weighted by atomic mass is 32.2. The van der Waals surface area contributed by atoms with Crippen molar-refractivity contribution < 1.29 is 17.5 Å². The molecule has 0 spiro atoms. The molecular formula is C12H13NO5S2. The fraction of sp³-hybridized carbons (Fsp3) is 0.333. The Hall–Kier alpha value is -1.51. The highest BCUT2D eigenvalue weighted by molar-refractivity contribution is 7.87. The van der Waals surface area contributed by atoms with Crippen LogP contribution in [0.25, 0.3) is 0 Å². The minimum atomic E-state index is -4.09. The summed E-state index contributed by atoms with van der Waals surface area (Å²) < 4.78 is 29.1. The first kappa shape index (κ1) is 14.9. The van der Waals surface area contributed by atoms with Crippen LogP contribution < -0.4 is 0 Å². The second-order valence-corrected chi connectivity index (χ2v) is 6.80. The number of nitrogens with zero attached hydrogens (tertiary/aromatic N) is 1. The summed E-state index contributed by atoms with van der Waals surface area (Å²) in [5.41, 5.74) is -1.84. The SMILES string of the molecule is CCOS(=O)(=O)C1C=CC=CC1(c1cccs1)[N+](=O)[O-]. The summed E-state index contributed by atoms with van der Waals surface area (Å²) in [4.78, 5) is 11.4. The van der Waals surface area contributed by atoms with Crippen molar-refractivity contribution in [2.45, 2.75) is 17.7 Å². The van der Waals surface area contributed by atoms with E-state index in [1.165, 1.54) is 31.2 Å². The summed E-state index contributed by atoms with van der Waals surface area (Å²) in [6, 6.07) is 3.22. The Morgan fingerprint density at radius 3 is 2.80 bits per heavy atom. The molecule has 2 rings (SSSR count). The van der Waals surface area contributed by atoms with Crippen molar-refractivity contribution in [1.82, 2.24) is 0 Å². The first-order valence-electron chi connectivity index (χ1n) is 5.88. The van der Waals surface area contributed by atoms with Crippen LogP contribution in [0.3, 0.4) is 0 Å².